The number of para-hydroxylation sites is 1. The van der Waals surface area contributed by atoms with Crippen LogP contribution in [-0.4, -0.2) is 23.8 Å². The molecular weight excluding hydrogens is 496 g/mol. The molecule has 0 radical (unpaired) electrons. The molecule has 3 nitrogen and oxygen atoms in total. The Morgan fingerprint density at radius 2 is 1.55 bits per heavy atom. The first kappa shape index (κ1) is 22.8. The molecule has 0 bridgehead atoms. The van der Waals surface area contributed by atoms with Crippen LogP contribution in [0.5, 0.6) is 0 Å². The Hall–Kier alpha value is -2.01. The third-order valence-corrected chi connectivity index (χ3v) is 8.00. The number of rotatable bonds is 3. The summed E-state index contributed by atoms with van der Waals surface area (Å²) >= 11 is 9.84. The number of hydrogen-bond donors (Lipinski definition) is 1. The second-order valence-corrected chi connectivity index (χ2v) is 11.5. The topological polar surface area (TPSA) is 26.7 Å². The predicted molar refractivity (Wildman–Crippen MR) is 141 cm³/mol. The lowest BCUT2D eigenvalue weighted by molar-refractivity contribution is -0.00719. The summed E-state index contributed by atoms with van der Waals surface area (Å²) in [4.78, 5) is 4.99. The van der Waals surface area contributed by atoms with E-state index in [-0.39, 0.29) is 29.6 Å². The molecule has 3 aromatic carbocycles. The van der Waals surface area contributed by atoms with Crippen molar-refractivity contribution in [2.45, 2.75) is 45.0 Å². The van der Waals surface area contributed by atoms with E-state index in [2.05, 4.69) is 106 Å². The second kappa shape index (κ2) is 8.98. The molecule has 1 heterocycles. The molecule has 1 saturated carbocycles. The minimum atomic E-state index is -0.342. The molecule has 2 fully saturated rings. The van der Waals surface area contributed by atoms with Gasteiger partial charge in [0.1, 0.15) is 6.17 Å². The number of anilines is 2. The van der Waals surface area contributed by atoms with Crippen LogP contribution in [0.15, 0.2) is 83.3 Å². The molecular formula is C28H30BrClN2O. The molecule has 5 heteroatoms. The summed E-state index contributed by atoms with van der Waals surface area (Å²) in [5.41, 5.74) is 3.61. The van der Waals surface area contributed by atoms with Crippen molar-refractivity contribution in [1.29, 1.82) is 0 Å². The van der Waals surface area contributed by atoms with Gasteiger partial charge in [0.05, 0.1) is 6.10 Å². The van der Waals surface area contributed by atoms with Gasteiger partial charge in [0, 0.05) is 39.4 Å². The van der Waals surface area contributed by atoms with Gasteiger partial charge < -0.3 is 14.9 Å². The molecule has 172 valence electrons. The van der Waals surface area contributed by atoms with E-state index in [0.717, 1.165) is 34.6 Å². The van der Waals surface area contributed by atoms with Gasteiger partial charge in [-0.1, -0.05) is 71.7 Å². The molecule has 1 N–H and O–H groups in total. The Kier molecular flexibility index (Phi) is 6.19. The number of benzene rings is 3. The lowest BCUT2D eigenvalue weighted by Gasteiger charge is -2.59. The van der Waals surface area contributed by atoms with Gasteiger partial charge in [-0.15, -0.1) is 0 Å². The van der Waals surface area contributed by atoms with Gasteiger partial charge in [-0.05, 0) is 72.4 Å². The molecule has 2 aliphatic rings. The van der Waals surface area contributed by atoms with E-state index in [1.165, 1.54) is 11.3 Å². The van der Waals surface area contributed by atoms with Crippen molar-refractivity contribution in [3.05, 3.63) is 93.9 Å². The molecule has 0 amide bonds. The Balaban J connectivity index is 1.69. The van der Waals surface area contributed by atoms with E-state index in [1.54, 1.807) is 0 Å². The number of hydrogen-bond acceptors (Lipinski definition) is 3. The van der Waals surface area contributed by atoms with Crippen LogP contribution >= 0.6 is 27.5 Å². The average molecular weight is 526 g/mol. The Morgan fingerprint density at radius 1 is 0.879 bits per heavy atom. The molecule has 4 atom stereocenters. The molecule has 1 aliphatic heterocycles. The fourth-order valence-electron chi connectivity index (χ4n) is 5.77. The highest BCUT2D eigenvalue weighted by Crippen LogP contribution is 2.49. The molecule has 4 unspecified atom stereocenters. The van der Waals surface area contributed by atoms with Crippen molar-refractivity contribution in [2.75, 3.05) is 16.3 Å². The monoisotopic (exact) mass is 524 g/mol. The molecule has 0 aromatic heterocycles. The molecule has 3 aromatic rings. The van der Waals surface area contributed by atoms with Crippen molar-refractivity contribution in [3.8, 4) is 0 Å². The normalized spacial score (nSPS) is 26.7. The minimum Gasteiger partial charge on any atom is -0.393 e. The van der Waals surface area contributed by atoms with Crippen molar-refractivity contribution >= 4 is 38.9 Å². The minimum absolute atomic E-state index is 0.00373. The Labute approximate surface area is 210 Å². The van der Waals surface area contributed by atoms with Crippen molar-refractivity contribution in [3.63, 3.8) is 0 Å². The van der Waals surface area contributed by atoms with Crippen LogP contribution in [0.25, 0.3) is 0 Å². The second-order valence-electron chi connectivity index (χ2n) is 10.2. The number of aliphatic hydroxyl groups is 1. The highest BCUT2D eigenvalue weighted by atomic mass is 79.9. The van der Waals surface area contributed by atoms with Crippen LogP contribution in [0.1, 0.15) is 38.4 Å². The Morgan fingerprint density at radius 3 is 2.21 bits per heavy atom. The molecule has 5 rings (SSSR count). The average Bonchev–Trinajstić information content (AvgIpc) is 2.79. The summed E-state index contributed by atoms with van der Waals surface area (Å²) in [6, 6.07) is 27.6. The van der Waals surface area contributed by atoms with E-state index in [9.17, 15) is 5.11 Å². The van der Waals surface area contributed by atoms with Crippen LogP contribution < -0.4 is 9.80 Å². The predicted octanol–water partition coefficient (Wildman–Crippen LogP) is 7.29. The number of fused-ring (bicyclic) bond motifs is 1. The van der Waals surface area contributed by atoms with Crippen LogP contribution in [0.3, 0.4) is 0 Å². The van der Waals surface area contributed by atoms with Gasteiger partial charge in [0.15, 0.2) is 0 Å². The summed E-state index contributed by atoms with van der Waals surface area (Å²) in [5, 5.41) is 12.1. The third kappa shape index (κ3) is 4.53. The van der Waals surface area contributed by atoms with Gasteiger partial charge in [0.2, 0.25) is 0 Å². The third-order valence-electron chi connectivity index (χ3n) is 7.22. The van der Waals surface area contributed by atoms with E-state index < -0.39 is 0 Å². The standard InChI is InChI=1S/C28H30BrClN2O/c1-28(2)16-25-24(26(33)17-28)18-31(22-14-12-21(30)13-15-22)27(19-8-10-20(29)11-9-19)32(25)23-6-4-3-5-7-23/h3-15,24-27,33H,16-18H2,1-2H3. The van der Waals surface area contributed by atoms with Gasteiger partial charge in [-0.2, -0.15) is 0 Å². The molecule has 33 heavy (non-hydrogen) atoms. The quantitative estimate of drug-likeness (QED) is 0.389. The number of halogens is 2. The van der Waals surface area contributed by atoms with Crippen LogP contribution in [0.2, 0.25) is 5.02 Å². The lowest BCUT2D eigenvalue weighted by atomic mass is 9.66. The lowest BCUT2D eigenvalue weighted by Crippen LogP contribution is -2.63. The van der Waals surface area contributed by atoms with Gasteiger partial charge >= 0.3 is 0 Å². The van der Waals surface area contributed by atoms with Crippen LogP contribution in [0, 0.1) is 11.3 Å². The van der Waals surface area contributed by atoms with Crippen LogP contribution in [-0.2, 0) is 0 Å². The highest BCUT2D eigenvalue weighted by Gasteiger charge is 2.50. The first-order chi connectivity index (χ1) is 15.8. The first-order valence-corrected chi connectivity index (χ1v) is 12.8. The zero-order valence-corrected chi connectivity index (χ0v) is 21.4. The van der Waals surface area contributed by atoms with Crippen molar-refractivity contribution < 1.29 is 5.11 Å². The number of aliphatic hydroxyl groups excluding tert-OH is 1. The summed E-state index contributed by atoms with van der Waals surface area (Å²) in [7, 11) is 0. The summed E-state index contributed by atoms with van der Waals surface area (Å²) in [5.74, 6) is 0.153. The van der Waals surface area contributed by atoms with Crippen molar-refractivity contribution in [1.82, 2.24) is 0 Å². The fraction of sp³-hybridized carbons (Fsp3) is 0.357. The summed E-state index contributed by atoms with van der Waals surface area (Å²) in [6.07, 6.45) is 1.54. The van der Waals surface area contributed by atoms with E-state index in [4.69, 9.17) is 11.6 Å². The fourth-order valence-corrected chi connectivity index (χ4v) is 6.16. The Bertz CT molecular complexity index is 1090. The van der Waals surface area contributed by atoms with E-state index >= 15 is 0 Å². The maximum absolute atomic E-state index is 11.3. The molecule has 1 saturated heterocycles. The maximum Gasteiger partial charge on any atom is 0.128 e. The van der Waals surface area contributed by atoms with Gasteiger partial charge in [-0.25, -0.2) is 0 Å². The molecule has 1 aliphatic carbocycles. The molecule has 0 spiro atoms. The zero-order valence-electron chi connectivity index (χ0n) is 19.0. The summed E-state index contributed by atoms with van der Waals surface area (Å²) in [6.45, 7) is 5.37. The smallest absolute Gasteiger partial charge is 0.128 e. The number of nitrogens with zero attached hydrogens (tertiary/aromatic N) is 2. The van der Waals surface area contributed by atoms with E-state index in [0.29, 0.717) is 0 Å². The van der Waals surface area contributed by atoms with Crippen molar-refractivity contribution in [2.24, 2.45) is 11.3 Å². The summed E-state index contributed by atoms with van der Waals surface area (Å²) < 4.78 is 1.07. The maximum atomic E-state index is 11.3. The van der Waals surface area contributed by atoms with Crippen LogP contribution in [0.4, 0.5) is 11.4 Å². The largest absolute Gasteiger partial charge is 0.393 e. The van der Waals surface area contributed by atoms with Gasteiger partial charge in [0.25, 0.3) is 0 Å². The first-order valence-electron chi connectivity index (χ1n) is 11.6. The van der Waals surface area contributed by atoms with Gasteiger partial charge in [-0.3, -0.25) is 0 Å². The highest BCUT2D eigenvalue weighted by molar-refractivity contribution is 9.10. The zero-order chi connectivity index (χ0) is 23.2. The van der Waals surface area contributed by atoms with E-state index in [1.807, 2.05) is 12.1 Å². The SMILES string of the molecule is CC1(C)CC(O)C2CN(c3ccc(Cl)cc3)C(c3ccc(Br)cc3)N(c3ccccc3)C2C1.